The van der Waals surface area contributed by atoms with Crippen LogP contribution in [-0.2, 0) is 16.1 Å². The van der Waals surface area contributed by atoms with Gasteiger partial charge in [0.1, 0.15) is 0 Å². The topological polar surface area (TPSA) is 45.7 Å². The average molecular weight is 303 g/mol. The molecule has 2 aliphatic rings. The third kappa shape index (κ3) is 4.05. The molecule has 0 N–H and O–H groups in total. The lowest BCUT2D eigenvalue weighted by Gasteiger charge is -2.45. The molecule has 0 atom stereocenters. The van der Waals surface area contributed by atoms with Gasteiger partial charge in [0.25, 0.3) is 0 Å². The maximum atomic E-state index is 12.0. The first-order valence-electron chi connectivity index (χ1n) is 8.16. The fourth-order valence-corrected chi connectivity index (χ4v) is 2.93. The molecular formula is C17H25N3O2. The molecule has 0 bridgehead atoms. The average Bonchev–Trinajstić information content (AvgIpc) is 3.28. The van der Waals surface area contributed by atoms with Gasteiger partial charge >= 0.3 is 0 Å². The second kappa shape index (κ2) is 7.20. The minimum absolute atomic E-state index is 0.216. The van der Waals surface area contributed by atoms with Crippen LogP contribution >= 0.6 is 0 Å². The van der Waals surface area contributed by atoms with Crippen molar-refractivity contribution in [2.45, 2.75) is 31.8 Å². The number of methoxy groups -OCH3 is 1. The van der Waals surface area contributed by atoms with Crippen molar-refractivity contribution in [3.8, 4) is 0 Å². The zero-order valence-corrected chi connectivity index (χ0v) is 13.3. The second-order valence-corrected chi connectivity index (χ2v) is 6.42. The predicted molar refractivity (Wildman–Crippen MR) is 84.2 cm³/mol. The van der Waals surface area contributed by atoms with Gasteiger partial charge in [-0.15, -0.1) is 0 Å². The molecule has 0 radical (unpaired) electrons. The summed E-state index contributed by atoms with van der Waals surface area (Å²) in [6.07, 6.45) is 6.92. The van der Waals surface area contributed by atoms with Crippen LogP contribution in [0.2, 0.25) is 0 Å². The van der Waals surface area contributed by atoms with Crippen LogP contribution < -0.4 is 0 Å². The Morgan fingerprint density at radius 1 is 1.36 bits per heavy atom. The van der Waals surface area contributed by atoms with E-state index < -0.39 is 0 Å². The predicted octanol–water partition coefficient (Wildman–Crippen LogP) is 1.54. The number of aromatic nitrogens is 1. The van der Waals surface area contributed by atoms with Crippen molar-refractivity contribution in [3.05, 3.63) is 30.1 Å². The number of carbonyl (C=O) groups excluding carboxylic acids is 1. The number of likely N-dealkylation sites (tertiary alicyclic amines) is 1. The first kappa shape index (κ1) is 15.4. The molecule has 2 heterocycles. The number of ether oxygens (including phenoxy) is 1. The Hall–Kier alpha value is -1.46. The first-order chi connectivity index (χ1) is 10.8. The molecule has 5 nitrogen and oxygen atoms in total. The normalized spacial score (nSPS) is 18.5. The number of pyridine rings is 1. The number of hydrogen-bond acceptors (Lipinski definition) is 4. The number of amides is 1. The molecule has 0 spiro atoms. The highest BCUT2D eigenvalue weighted by Crippen LogP contribution is 2.32. The lowest BCUT2D eigenvalue weighted by molar-refractivity contribution is -0.139. The van der Waals surface area contributed by atoms with Gasteiger partial charge in [0.15, 0.2) is 0 Å². The van der Waals surface area contributed by atoms with Crippen LogP contribution in [0.15, 0.2) is 24.5 Å². The SMILES string of the molecule is COCCC(=O)N1CC(N(Cc2ccncc2)CC2CC2)C1. The molecule has 1 aliphatic heterocycles. The summed E-state index contributed by atoms with van der Waals surface area (Å²) in [5, 5.41) is 0. The van der Waals surface area contributed by atoms with Gasteiger partial charge in [-0.1, -0.05) is 0 Å². The van der Waals surface area contributed by atoms with E-state index in [4.69, 9.17) is 4.74 Å². The van der Waals surface area contributed by atoms with Gasteiger partial charge in [-0.2, -0.15) is 0 Å². The molecule has 1 saturated heterocycles. The lowest BCUT2D eigenvalue weighted by Crippen LogP contribution is -2.61. The second-order valence-electron chi connectivity index (χ2n) is 6.42. The van der Waals surface area contributed by atoms with Crippen LogP contribution in [0.3, 0.4) is 0 Å². The quantitative estimate of drug-likeness (QED) is 0.731. The number of rotatable bonds is 8. The van der Waals surface area contributed by atoms with Crippen molar-refractivity contribution in [2.75, 3.05) is 33.4 Å². The highest BCUT2D eigenvalue weighted by Gasteiger charge is 2.36. The van der Waals surface area contributed by atoms with Gasteiger partial charge in [0.2, 0.25) is 5.91 Å². The van der Waals surface area contributed by atoms with Gasteiger partial charge in [-0.3, -0.25) is 14.7 Å². The summed E-state index contributed by atoms with van der Waals surface area (Å²) in [6.45, 7) is 4.36. The fraction of sp³-hybridized carbons (Fsp3) is 0.647. The van der Waals surface area contributed by atoms with E-state index in [0.717, 1.165) is 32.1 Å². The molecule has 120 valence electrons. The minimum atomic E-state index is 0.216. The van der Waals surface area contributed by atoms with E-state index in [9.17, 15) is 4.79 Å². The van der Waals surface area contributed by atoms with Gasteiger partial charge < -0.3 is 9.64 Å². The molecule has 1 aromatic rings. The van der Waals surface area contributed by atoms with Crippen molar-refractivity contribution in [1.82, 2.24) is 14.8 Å². The van der Waals surface area contributed by atoms with Crippen molar-refractivity contribution < 1.29 is 9.53 Å². The molecule has 1 aromatic heterocycles. The van der Waals surface area contributed by atoms with Crippen molar-refractivity contribution in [3.63, 3.8) is 0 Å². The molecule has 5 heteroatoms. The van der Waals surface area contributed by atoms with E-state index in [-0.39, 0.29) is 5.91 Å². The Kier molecular flexibility index (Phi) is 5.05. The Morgan fingerprint density at radius 3 is 2.73 bits per heavy atom. The maximum absolute atomic E-state index is 12.0. The van der Waals surface area contributed by atoms with Gasteiger partial charge in [-0.05, 0) is 36.5 Å². The van der Waals surface area contributed by atoms with Crippen molar-refractivity contribution >= 4 is 5.91 Å². The Morgan fingerprint density at radius 2 is 2.09 bits per heavy atom. The molecule has 0 aromatic carbocycles. The number of carbonyl (C=O) groups is 1. The standard InChI is InChI=1S/C17H25N3O2/c1-22-9-6-17(21)20-12-16(13-20)19(10-14-2-3-14)11-15-4-7-18-8-5-15/h4-5,7-8,14,16H,2-3,6,9-13H2,1H3. The van der Waals surface area contributed by atoms with Gasteiger partial charge in [0.05, 0.1) is 13.0 Å². The zero-order valence-electron chi connectivity index (χ0n) is 13.3. The summed E-state index contributed by atoms with van der Waals surface area (Å²) in [5.74, 6) is 1.08. The number of hydrogen-bond donors (Lipinski definition) is 0. The van der Waals surface area contributed by atoms with E-state index in [1.54, 1.807) is 7.11 Å². The molecule has 2 fully saturated rings. The maximum Gasteiger partial charge on any atom is 0.224 e. The van der Waals surface area contributed by atoms with Crippen LogP contribution in [-0.4, -0.2) is 60.1 Å². The molecule has 22 heavy (non-hydrogen) atoms. The largest absolute Gasteiger partial charge is 0.384 e. The first-order valence-corrected chi connectivity index (χ1v) is 8.16. The fourth-order valence-electron chi connectivity index (χ4n) is 2.93. The summed E-state index contributed by atoms with van der Waals surface area (Å²) in [6, 6.07) is 4.67. The third-order valence-corrected chi connectivity index (χ3v) is 4.58. The van der Waals surface area contributed by atoms with Crippen molar-refractivity contribution in [1.29, 1.82) is 0 Å². The van der Waals surface area contributed by atoms with Crippen LogP contribution in [0.1, 0.15) is 24.8 Å². The van der Waals surface area contributed by atoms with Crippen LogP contribution in [0.4, 0.5) is 0 Å². The number of nitrogens with zero attached hydrogens (tertiary/aromatic N) is 3. The molecule has 1 aliphatic carbocycles. The van der Waals surface area contributed by atoms with Crippen LogP contribution in [0.5, 0.6) is 0 Å². The van der Waals surface area contributed by atoms with Gasteiger partial charge in [-0.25, -0.2) is 0 Å². The highest BCUT2D eigenvalue weighted by molar-refractivity contribution is 5.77. The summed E-state index contributed by atoms with van der Waals surface area (Å²) in [4.78, 5) is 20.6. The Labute approximate surface area is 132 Å². The molecular weight excluding hydrogens is 278 g/mol. The molecule has 0 unspecified atom stereocenters. The zero-order chi connectivity index (χ0) is 15.4. The summed E-state index contributed by atoms with van der Waals surface area (Å²) in [7, 11) is 1.64. The molecule has 1 amide bonds. The monoisotopic (exact) mass is 303 g/mol. The van der Waals surface area contributed by atoms with E-state index in [0.29, 0.717) is 19.1 Å². The lowest BCUT2D eigenvalue weighted by atomic mass is 10.0. The highest BCUT2D eigenvalue weighted by atomic mass is 16.5. The van der Waals surface area contributed by atoms with E-state index >= 15 is 0 Å². The summed E-state index contributed by atoms with van der Waals surface area (Å²) in [5.41, 5.74) is 1.31. The summed E-state index contributed by atoms with van der Waals surface area (Å²) >= 11 is 0. The van der Waals surface area contributed by atoms with E-state index in [2.05, 4.69) is 22.0 Å². The third-order valence-electron chi connectivity index (χ3n) is 4.58. The van der Waals surface area contributed by atoms with Crippen LogP contribution in [0.25, 0.3) is 0 Å². The molecule has 3 rings (SSSR count). The Balaban J connectivity index is 1.52. The van der Waals surface area contributed by atoms with Gasteiger partial charge in [0, 0.05) is 51.7 Å². The summed E-state index contributed by atoms with van der Waals surface area (Å²) < 4.78 is 4.98. The Bertz CT molecular complexity index is 484. The van der Waals surface area contributed by atoms with E-state index in [1.165, 1.54) is 18.4 Å². The van der Waals surface area contributed by atoms with Crippen molar-refractivity contribution in [2.24, 2.45) is 5.92 Å². The van der Waals surface area contributed by atoms with Crippen LogP contribution in [0, 0.1) is 5.92 Å². The smallest absolute Gasteiger partial charge is 0.224 e. The minimum Gasteiger partial charge on any atom is -0.384 e. The van der Waals surface area contributed by atoms with E-state index in [1.807, 2.05) is 17.3 Å². The molecule has 1 saturated carbocycles.